The zero-order valence-corrected chi connectivity index (χ0v) is 19.6. The Bertz CT molecular complexity index is 1480. The molecular weight excluding hydrogens is 464 g/mol. The van der Waals surface area contributed by atoms with Crippen molar-refractivity contribution in [3.8, 4) is 5.75 Å². The van der Waals surface area contributed by atoms with Gasteiger partial charge in [0.15, 0.2) is 5.71 Å². The Morgan fingerprint density at radius 3 is 2.51 bits per heavy atom. The van der Waals surface area contributed by atoms with E-state index in [9.17, 15) is 19.5 Å². The molecule has 2 aliphatic heterocycles. The lowest BCUT2D eigenvalue weighted by Gasteiger charge is -2.18. The normalized spacial score (nSPS) is 17.3. The van der Waals surface area contributed by atoms with Crippen LogP contribution in [0.4, 0.5) is 21.9 Å². The van der Waals surface area contributed by atoms with Crippen LogP contribution in [-0.4, -0.2) is 27.9 Å². The number of anilines is 3. The predicted molar refractivity (Wildman–Crippen MR) is 137 cm³/mol. The molecule has 0 aromatic heterocycles. The van der Waals surface area contributed by atoms with Gasteiger partial charge in [-0.1, -0.05) is 30.3 Å². The molecule has 1 saturated heterocycles. The van der Waals surface area contributed by atoms with Gasteiger partial charge in [-0.2, -0.15) is 5.10 Å². The number of hydrogen-bond acceptors (Lipinski definition) is 7. The summed E-state index contributed by atoms with van der Waals surface area (Å²) in [5, 5.41) is 16.6. The van der Waals surface area contributed by atoms with Crippen molar-refractivity contribution in [1.29, 1.82) is 0 Å². The number of aromatic hydroxyl groups is 1. The molecule has 0 unspecified atom stereocenters. The molecule has 1 fully saturated rings. The average Bonchev–Trinajstić information content (AvgIpc) is 3.29. The highest BCUT2D eigenvalue weighted by atomic mass is 32.2. The van der Waals surface area contributed by atoms with Crippen molar-refractivity contribution < 1.29 is 19.5 Å². The first-order valence-electron chi connectivity index (χ1n) is 10.7. The fourth-order valence-corrected chi connectivity index (χ4v) is 4.53. The summed E-state index contributed by atoms with van der Waals surface area (Å²) in [7, 11) is 0. The van der Waals surface area contributed by atoms with Crippen LogP contribution in [0.15, 0.2) is 70.7 Å². The van der Waals surface area contributed by atoms with Crippen molar-refractivity contribution in [3.05, 3.63) is 87.8 Å². The van der Waals surface area contributed by atoms with Crippen LogP contribution in [0.1, 0.15) is 22.3 Å². The van der Waals surface area contributed by atoms with Crippen LogP contribution in [0.25, 0.3) is 6.08 Å². The first-order valence-corrected chi connectivity index (χ1v) is 11.6. The minimum Gasteiger partial charge on any atom is -0.506 e. The number of rotatable bonds is 4. The van der Waals surface area contributed by atoms with Gasteiger partial charge in [0.2, 0.25) is 0 Å². The molecule has 0 atom stereocenters. The summed E-state index contributed by atoms with van der Waals surface area (Å²) in [4.78, 5) is 38.3. The summed E-state index contributed by atoms with van der Waals surface area (Å²) in [5.74, 6) is -0.875. The Labute approximate surface area is 205 Å². The second-order valence-electron chi connectivity index (χ2n) is 8.13. The lowest BCUT2D eigenvalue weighted by atomic mass is 10.1. The largest absolute Gasteiger partial charge is 0.506 e. The van der Waals surface area contributed by atoms with Gasteiger partial charge in [-0.25, -0.2) is 0 Å². The average molecular weight is 485 g/mol. The second kappa shape index (κ2) is 8.77. The number of amides is 3. The van der Waals surface area contributed by atoms with Gasteiger partial charge in [0.1, 0.15) is 5.75 Å². The molecule has 174 valence electrons. The maximum Gasteiger partial charge on any atom is 0.290 e. The number of para-hydroxylation sites is 1. The number of fused-ring (bicyclic) bond motifs is 1. The first-order chi connectivity index (χ1) is 16.8. The molecule has 0 saturated carbocycles. The van der Waals surface area contributed by atoms with Crippen molar-refractivity contribution in [1.82, 2.24) is 5.32 Å². The van der Waals surface area contributed by atoms with Crippen LogP contribution in [0.3, 0.4) is 0 Å². The molecular formula is C26H20N4O4S. The highest BCUT2D eigenvalue weighted by molar-refractivity contribution is 8.18. The van der Waals surface area contributed by atoms with Crippen LogP contribution >= 0.6 is 11.8 Å². The van der Waals surface area contributed by atoms with Crippen LogP contribution in [0.2, 0.25) is 0 Å². The summed E-state index contributed by atoms with van der Waals surface area (Å²) in [6, 6.07) is 17.9. The van der Waals surface area contributed by atoms with Crippen molar-refractivity contribution >= 4 is 57.7 Å². The van der Waals surface area contributed by atoms with Gasteiger partial charge in [-0.15, -0.1) is 0 Å². The number of phenols is 1. The van der Waals surface area contributed by atoms with Gasteiger partial charge in [-0.05, 0) is 78.7 Å². The molecule has 0 radical (unpaired) electrons. The van der Waals surface area contributed by atoms with E-state index in [1.807, 2.05) is 56.3 Å². The van der Waals surface area contributed by atoms with Crippen LogP contribution in [0.5, 0.6) is 5.75 Å². The van der Waals surface area contributed by atoms with Gasteiger partial charge in [0.05, 0.1) is 16.3 Å². The lowest BCUT2D eigenvalue weighted by molar-refractivity contribution is -0.115. The number of carbonyl (C=O) groups excluding carboxylic acids is 3. The number of hydrazone groups is 1. The number of hydrogen-bond donors (Lipinski definition) is 3. The van der Waals surface area contributed by atoms with E-state index in [0.717, 1.165) is 34.3 Å². The van der Waals surface area contributed by atoms with Crippen LogP contribution < -0.4 is 15.6 Å². The lowest BCUT2D eigenvalue weighted by Crippen LogP contribution is -2.26. The zero-order chi connectivity index (χ0) is 24.7. The summed E-state index contributed by atoms with van der Waals surface area (Å²) >= 11 is 0.800. The number of thioether (sulfide) groups is 1. The highest BCUT2D eigenvalue weighted by Gasteiger charge is 2.35. The number of benzene rings is 3. The van der Waals surface area contributed by atoms with E-state index in [0.29, 0.717) is 11.1 Å². The van der Waals surface area contributed by atoms with Crippen LogP contribution in [0, 0.1) is 13.8 Å². The fraction of sp³-hybridized carbons (Fsp3) is 0.0769. The predicted octanol–water partition coefficient (Wildman–Crippen LogP) is 4.83. The molecule has 0 spiro atoms. The number of nitrogens with one attached hydrogen (secondary N) is 2. The summed E-state index contributed by atoms with van der Waals surface area (Å²) in [6.45, 7) is 4.02. The van der Waals surface area contributed by atoms with Crippen molar-refractivity contribution in [2.75, 3.05) is 10.3 Å². The number of imide groups is 1. The van der Waals surface area contributed by atoms with Crippen molar-refractivity contribution in [2.24, 2.45) is 5.10 Å². The zero-order valence-electron chi connectivity index (χ0n) is 18.8. The molecule has 2 heterocycles. The standard InChI is InChI=1S/C26H20N4O4S/c1-14-7-9-17(11-15(14)2)30-20-6-4-3-5-18(20)23(25(30)33)29-28-19-10-8-16(12-21(19)31)13-22-24(32)27-26(34)35-22/h3-13,28,31H,1-2H3,(H,27,32,34)/b22-13+,29-23-. The van der Waals surface area contributed by atoms with Crippen molar-refractivity contribution in [3.63, 3.8) is 0 Å². The maximum absolute atomic E-state index is 13.4. The highest BCUT2D eigenvalue weighted by Crippen LogP contribution is 2.37. The van der Waals surface area contributed by atoms with E-state index in [4.69, 9.17) is 0 Å². The maximum atomic E-state index is 13.4. The quantitative estimate of drug-likeness (QED) is 0.278. The Morgan fingerprint density at radius 1 is 1.00 bits per heavy atom. The summed E-state index contributed by atoms with van der Waals surface area (Å²) in [5.41, 5.74) is 8.21. The van der Waals surface area contributed by atoms with Gasteiger partial charge in [0.25, 0.3) is 17.1 Å². The minimum atomic E-state index is -0.472. The molecule has 3 amide bonds. The topological polar surface area (TPSA) is 111 Å². The number of nitrogens with zero attached hydrogens (tertiary/aromatic N) is 2. The monoisotopic (exact) mass is 484 g/mol. The van der Waals surface area contributed by atoms with E-state index in [1.165, 1.54) is 12.1 Å². The molecule has 3 N–H and O–H groups in total. The molecule has 2 aliphatic rings. The molecule has 8 nitrogen and oxygen atoms in total. The van der Waals surface area contributed by atoms with E-state index < -0.39 is 11.1 Å². The SMILES string of the molecule is Cc1ccc(N2C(=O)/C(=N\Nc3ccc(/C=C4/SC(=O)NC4=O)cc3O)c3ccccc32)cc1C. The molecule has 3 aromatic carbocycles. The summed E-state index contributed by atoms with van der Waals surface area (Å²) < 4.78 is 0. The van der Waals surface area contributed by atoms with Crippen molar-refractivity contribution in [2.45, 2.75) is 13.8 Å². The minimum absolute atomic E-state index is 0.122. The first kappa shape index (κ1) is 22.4. The molecule has 3 aromatic rings. The smallest absolute Gasteiger partial charge is 0.290 e. The number of aryl methyl sites for hydroxylation is 2. The van der Waals surface area contributed by atoms with E-state index in [2.05, 4.69) is 15.8 Å². The van der Waals surface area contributed by atoms with E-state index in [1.54, 1.807) is 17.0 Å². The third kappa shape index (κ3) is 4.17. The molecule has 0 bridgehead atoms. The molecule has 35 heavy (non-hydrogen) atoms. The van der Waals surface area contributed by atoms with Gasteiger partial charge in [-0.3, -0.25) is 30.0 Å². The van der Waals surface area contributed by atoms with E-state index >= 15 is 0 Å². The third-order valence-corrected chi connectivity index (χ3v) is 6.61. The second-order valence-corrected chi connectivity index (χ2v) is 9.14. The van der Waals surface area contributed by atoms with Gasteiger partial charge < -0.3 is 5.11 Å². The summed E-state index contributed by atoms with van der Waals surface area (Å²) in [6.07, 6.45) is 1.51. The Kier molecular flexibility index (Phi) is 5.62. The molecule has 5 rings (SSSR count). The molecule has 9 heteroatoms. The van der Waals surface area contributed by atoms with Gasteiger partial charge in [0, 0.05) is 11.3 Å². The van der Waals surface area contributed by atoms with E-state index in [-0.39, 0.29) is 28.0 Å². The van der Waals surface area contributed by atoms with Crippen LogP contribution in [-0.2, 0) is 9.59 Å². The fourth-order valence-electron chi connectivity index (χ4n) is 3.85. The Hall–Kier alpha value is -4.37. The third-order valence-electron chi connectivity index (χ3n) is 5.80. The molecule has 0 aliphatic carbocycles. The number of phenolic OH excluding ortho intramolecular Hbond substituents is 1. The number of carbonyl (C=O) groups is 3. The Morgan fingerprint density at radius 2 is 1.80 bits per heavy atom. The Balaban J connectivity index is 1.43. The van der Waals surface area contributed by atoms with Gasteiger partial charge >= 0.3 is 0 Å².